The summed E-state index contributed by atoms with van der Waals surface area (Å²) in [6, 6.07) is 5.73. The number of rotatable bonds is 4. The third kappa shape index (κ3) is 2.52. The van der Waals surface area contributed by atoms with Gasteiger partial charge in [0.15, 0.2) is 0 Å². The minimum Gasteiger partial charge on any atom is -0.398 e. The largest absolute Gasteiger partial charge is 0.398 e. The first-order valence-electron chi connectivity index (χ1n) is 5.61. The highest BCUT2D eigenvalue weighted by Crippen LogP contribution is 2.31. The van der Waals surface area contributed by atoms with Gasteiger partial charge in [0.25, 0.3) is 5.91 Å². The molecule has 1 aromatic carbocycles. The van der Waals surface area contributed by atoms with Crippen LogP contribution >= 0.6 is 15.9 Å². The molecule has 17 heavy (non-hydrogen) atoms. The number of carbonyl (C=O) groups excluding carboxylic acids is 1. The van der Waals surface area contributed by atoms with Crippen molar-refractivity contribution >= 4 is 27.5 Å². The molecular weight excluding hydrogens is 280 g/mol. The summed E-state index contributed by atoms with van der Waals surface area (Å²) in [7, 11) is 0. The Morgan fingerprint density at radius 1 is 1.59 bits per heavy atom. The van der Waals surface area contributed by atoms with Gasteiger partial charge in [0, 0.05) is 18.3 Å². The van der Waals surface area contributed by atoms with E-state index in [9.17, 15) is 4.79 Å². The number of halogens is 1. The van der Waals surface area contributed by atoms with Gasteiger partial charge in [-0.1, -0.05) is 12.1 Å². The number of nitrogens with two attached hydrogens (primary N) is 1. The van der Waals surface area contributed by atoms with Gasteiger partial charge >= 0.3 is 0 Å². The molecule has 0 atom stereocenters. The van der Waals surface area contributed by atoms with Gasteiger partial charge in [0.2, 0.25) is 0 Å². The van der Waals surface area contributed by atoms with E-state index in [1.165, 1.54) is 0 Å². The van der Waals surface area contributed by atoms with Crippen molar-refractivity contribution in [3.05, 3.63) is 40.9 Å². The van der Waals surface area contributed by atoms with Gasteiger partial charge in [-0.2, -0.15) is 0 Å². The van der Waals surface area contributed by atoms with E-state index in [0.717, 1.165) is 12.8 Å². The number of amides is 1. The molecule has 4 heteroatoms. The van der Waals surface area contributed by atoms with Crippen LogP contribution in [-0.2, 0) is 0 Å². The second-order valence-electron chi connectivity index (χ2n) is 4.19. The first-order chi connectivity index (χ1) is 8.15. The van der Waals surface area contributed by atoms with Gasteiger partial charge in [-0.15, -0.1) is 6.58 Å². The van der Waals surface area contributed by atoms with Gasteiger partial charge in [0.1, 0.15) is 0 Å². The summed E-state index contributed by atoms with van der Waals surface area (Å²) < 4.78 is 0.680. The molecule has 0 radical (unpaired) electrons. The highest BCUT2D eigenvalue weighted by atomic mass is 79.9. The molecule has 0 spiro atoms. The quantitative estimate of drug-likeness (QED) is 0.686. The molecule has 1 aromatic rings. The van der Waals surface area contributed by atoms with Crippen molar-refractivity contribution < 1.29 is 4.79 Å². The van der Waals surface area contributed by atoms with Crippen molar-refractivity contribution in [2.75, 3.05) is 12.3 Å². The summed E-state index contributed by atoms with van der Waals surface area (Å²) in [6.45, 7) is 4.28. The summed E-state index contributed by atoms with van der Waals surface area (Å²) in [6.07, 6.45) is 3.93. The minimum absolute atomic E-state index is 0.0200. The molecule has 0 aromatic heterocycles. The number of nitrogen functional groups attached to an aromatic ring is 1. The van der Waals surface area contributed by atoms with E-state index < -0.39 is 0 Å². The van der Waals surface area contributed by atoms with Crippen LogP contribution in [-0.4, -0.2) is 23.4 Å². The topological polar surface area (TPSA) is 46.3 Å². The first kappa shape index (κ1) is 12.2. The van der Waals surface area contributed by atoms with E-state index in [0.29, 0.717) is 28.3 Å². The SMILES string of the molecule is C=CCN(C(=O)c1cccc(N)c1Br)C1CC1. The summed E-state index contributed by atoms with van der Waals surface area (Å²) in [5.74, 6) is 0.0200. The lowest BCUT2D eigenvalue weighted by Gasteiger charge is -2.21. The average Bonchev–Trinajstić information content (AvgIpc) is 3.13. The molecule has 3 nitrogen and oxygen atoms in total. The molecule has 1 amide bonds. The van der Waals surface area contributed by atoms with Crippen LogP contribution in [0, 0.1) is 0 Å². The maximum absolute atomic E-state index is 12.4. The fourth-order valence-electron chi connectivity index (χ4n) is 1.79. The molecule has 0 bridgehead atoms. The van der Waals surface area contributed by atoms with Gasteiger partial charge < -0.3 is 10.6 Å². The Kier molecular flexibility index (Phi) is 3.52. The molecule has 1 fully saturated rings. The lowest BCUT2D eigenvalue weighted by Crippen LogP contribution is -2.33. The first-order valence-corrected chi connectivity index (χ1v) is 6.40. The minimum atomic E-state index is 0.0200. The Hall–Kier alpha value is -1.29. The number of hydrogen-bond donors (Lipinski definition) is 1. The fraction of sp³-hybridized carbons (Fsp3) is 0.308. The van der Waals surface area contributed by atoms with E-state index in [-0.39, 0.29) is 5.91 Å². The molecule has 0 unspecified atom stereocenters. The van der Waals surface area contributed by atoms with Crippen molar-refractivity contribution in [3.63, 3.8) is 0 Å². The fourth-order valence-corrected chi connectivity index (χ4v) is 2.23. The van der Waals surface area contributed by atoms with Crippen LogP contribution in [0.2, 0.25) is 0 Å². The van der Waals surface area contributed by atoms with E-state index in [1.54, 1.807) is 24.3 Å². The third-order valence-corrected chi connectivity index (χ3v) is 3.72. The van der Waals surface area contributed by atoms with Crippen molar-refractivity contribution in [3.8, 4) is 0 Å². The van der Waals surface area contributed by atoms with Crippen LogP contribution in [0.5, 0.6) is 0 Å². The van der Waals surface area contributed by atoms with Crippen molar-refractivity contribution in [1.29, 1.82) is 0 Å². The summed E-state index contributed by atoms with van der Waals surface area (Å²) >= 11 is 3.37. The Morgan fingerprint density at radius 2 is 2.29 bits per heavy atom. The Bertz CT molecular complexity index is 455. The Labute approximate surface area is 109 Å². The van der Waals surface area contributed by atoms with Crippen LogP contribution in [0.4, 0.5) is 5.69 Å². The molecule has 2 rings (SSSR count). The van der Waals surface area contributed by atoms with Gasteiger partial charge in [-0.3, -0.25) is 4.79 Å². The maximum Gasteiger partial charge on any atom is 0.255 e. The van der Waals surface area contributed by atoms with Crippen LogP contribution < -0.4 is 5.73 Å². The second-order valence-corrected chi connectivity index (χ2v) is 4.98. The lowest BCUT2D eigenvalue weighted by molar-refractivity contribution is 0.0762. The predicted molar refractivity (Wildman–Crippen MR) is 72.8 cm³/mol. The van der Waals surface area contributed by atoms with Gasteiger partial charge in [-0.25, -0.2) is 0 Å². The molecule has 1 aliphatic carbocycles. The normalized spacial score (nSPS) is 14.4. The number of anilines is 1. The standard InChI is InChI=1S/C13H15BrN2O/c1-2-8-16(9-6-7-9)13(17)10-4-3-5-11(15)12(10)14/h2-5,9H,1,6-8,15H2. The van der Waals surface area contributed by atoms with Crippen molar-refractivity contribution in [2.45, 2.75) is 18.9 Å². The molecule has 0 saturated heterocycles. The number of carbonyl (C=O) groups is 1. The van der Waals surface area contributed by atoms with Crippen LogP contribution in [0.1, 0.15) is 23.2 Å². The van der Waals surface area contributed by atoms with Crippen LogP contribution in [0.15, 0.2) is 35.3 Å². The average molecular weight is 295 g/mol. The Morgan fingerprint density at radius 3 is 2.88 bits per heavy atom. The number of hydrogen-bond acceptors (Lipinski definition) is 2. The summed E-state index contributed by atoms with van der Waals surface area (Å²) in [5.41, 5.74) is 7.00. The van der Waals surface area contributed by atoms with Gasteiger partial charge in [-0.05, 0) is 40.9 Å². The molecule has 1 saturated carbocycles. The van der Waals surface area contributed by atoms with Gasteiger partial charge in [0.05, 0.1) is 10.0 Å². The van der Waals surface area contributed by atoms with Crippen LogP contribution in [0.25, 0.3) is 0 Å². The number of nitrogens with zero attached hydrogens (tertiary/aromatic N) is 1. The molecule has 0 aliphatic heterocycles. The molecular formula is C13H15BrN2O. The maximum atomic E-state index is 12.4. The smallest absolute Gasteiger partial charge is 0.255 e. The zero-order chi connectivity index (χ0) is 12.4. The zero-order valence-corrected chi connectivity index (χ0v) is 11.1. The zero-order valence-electron chi connectivity index (χ0n) is 9.53. The molecule has 0 heterocycles. The monoisotopic (exact) mass is 294 g/mol. The molecule has 90 valence electrons. The molecule has 1 aliphatic rings. The summed E-state index contributed by atoms with van der Waals surface area (Å²) in [4.78, 5) is 14.2. The van der Waals surface area contributed by atoms with E-state index in [2.05, 4.69) is 22.5 Å². The predicted octanol–water partition coefficient (Wildman–Crippen LogP) is 2.82. The highest BCUT2D eigenvalue weighted by Gasteiger charge is 2.32. The van der Waals surface area contributed by atoms with E-state index in [4.69, 9.17) is 5.73 Å². The lowest BCUT2D eigenvalue weighted by atomic mass is 10.1. The van der Waals surface area contributed by atoms with Crippen LogP contribution in [0.3, 0.4) is 0 Å². The van der Waals surface area contributed by atoms with Crippen molar-refractivity contribution in [2.24, 2.45) is 0 Å². The highest BCUT2D eigenvalue weighted by molar-refractivity contribution is 9.10. The second kappa shape index (κ2) is 4.92. The third-order valence-electron chi connectivity index (χ3n) is 2.83. The van der Waals surface area contributed by atoms with Crippen molar-refractivity contribution in [1.82, 2.24) is 4.90 Å². The number of benzene rings is 1. The Balaban J connectivity index is 2.28. The van der Waals surface area contributed by atoms with E-state index >= 15 is 0 Å². The molecule has 2 N–H and O–H groups in total. The summed E-state index contributed by atoms with van der Waals surface area (Å²) in [5, 5.41) is 0. The van der Waals surface area contributed by atoms with E-state index in [1.807, 2.05) is 4.90 Å².